The van der Waals surface area contributed by atoms with Crippen molar-refractivity contribution in [1.82, 2.24) is 10.6 Å². The number of aryl methyl sites for hydroxylation is 2. The fraction of sp³-hybridized carbons (Fsp3) is 0.500. The van der Waals surface area contributed by atoms with Crippen molar-refractivity contribution >= 4 is 86.3 Å². The predicted octanol–water partition coefficient (Wildman–Crippen LogP) is 2.47. The fourth-order valence-corrected chi connectivity index (χ4v) is 4.62. The Morgan fingerprint density at radius 3 is 1.10 bits per heavy atom. The summed E-state index contributed by atoms with van der Waals surface area (Å²) in [5, 5.41) is 19.1. The van der Waals surface area contributed by atoms with Crippen molar-refractivity contribution in [2.75, 3.05) is 43.1 Å². The van der Waals surface area contributed by atoms with E-state index in [1.54, 1.807) is 6.92 Å². The lowest BCUT2D eigenvalue weighted by atomic mass is 10.1. The van der Waals surface area contributed by atoms with Crippen LogP contribution < -0.4 is 10.6 Å². The van der Waals surface area contributed by atoms with Crippen LogP contribution in [0.1, 0.15) is 73.4 Å². The first-order valence-corrected chi connectivity index (χ1v) is 28.1. The Bertz CT molecular complexity index is 2310. The molecule has 2 aromatic rings. The summed E-state index contributed by atoms with van der Waals surface area (Å²) in [7, 11) is -19.4. The van der Waals surface area contributed by atoms with E-state index in [0.29, 0.717) is 12.5 Å². The molecule has 33 heteroatoms. The maximum absolute atomic E-state index is 10.6. The number of carboxylic acids is 2. The van der Waals surface area contributed by atoms with E-state index in [2.05, 4.69) is 59.5 Å². The third-order valence-corrected chi connectivity index (χ3v) is 7.22. The van der Waals surface area contributed by atoms with Gasteiger partial charge in [0.05, 0.1) is 30.1 Å². The molecule has 0 spiro atoms. The van der Waals surface area contributed by atoms with Crippen LogP contribution in [0, 0.1) is 13.8 Å². The standard InChI is InChI=1S/C7H12O3.2C7H8.C6H13NO4S.C4H8O5S.C3H7NO4S.2C2H4O2.2CH4O3S/c1-4-9-6(2)5-10-7(3)8;2*1-7-5-3-2-4-6-7;1-5(8)7-6(2,3)4-12(9,10)11;1-4(5)9-2-3-10(6,7)8;1-3(5)4-2-9(6,7)8;2*1-2(3)4;2*1-5(2,3)4/h4,6H,1,5H2,2-3H3;2*2-6H,1H3;4H2,1-3H3,(H,7,8)(H,9,10,11);2-3H2,1H3,(H,6,7,8);2H2,1H3,(H,4,5)(H,6,7,8);2*1H3,(H,3,4);2*1H3,(H,2,3,4). The van der Waals surface area contributed by atoms with Gasteiger partial charge in [-0.2, -0.15) is 42.1 Å². The van der Waals surface area contributed by atoms with E-state index < -0.39 is 97.3 Å². The lowest BCUT2D eigenvalue weighted by molar-refractivity contribution is -0.144. The highest BCUT2D eigenvalue weighted by Crippen LogP contribution is 2.05. The summed E-state index contributed by atoms with van der Waals surface area (Å²) < 4.78 is 151. The maximum atomic E-state index is 10.6. The average Bonchev–Trinajstić information content (AvgIpc) is 3.11. The largest absolute Gasteiger partial charge is 0.495 e. The van der Waals surface area contributed by atoms with Crippen LogP contribution in [-0.2, 0) is 93.6 Å². The molecule has 28 nitrogen and oxygen atoms in total. The molecule has 0 aliphatic heterocycles. The average molecular weight is 1160 g/mol. The van der Waals surface area contributed by atoms with Crippen LogP contribution in [0.15, 0.2) is 73.5 Å². The number of carbonyl (C=O) groups is 6. The number of amides is 2. The van der Waals surface area contributed by atoms with Gasteiger partial charge in [0.2, 0.25) is 11.8 Å². The quantitative estimate of drug-likeness (QED) is 0.0837. The molecule has 0 aliphatic carbocycles. The lowest BCUT2D eigenvalue weighted by Gasteiger charge is -2.23. The number of carbonyl (C=O) groups excluding carboxylic acids is 4. The van der Waals surface area contributed by atoms with E-state index in [4.69, 9.17) is 47.3 Å². The van der Waals surface area contributed by atoms with Crippen LogP contribution in [0.5, 0.6) is 0 Å². The summed E-state index contributed by atoms with van der Waals surface area (Å²) in [5.41, 5.74) is 1.71. The number of benzene rings is 2. The summed E-state index contributed by atoms with van der Waals surface area (Å²) in [4.78, 5) is 58.8. The Morgan fingerprint density at radius 2 is 0.918 bits per heavy atom. The summed E-state index contributed by atoms with van der Waals surface area (Å²) in [6, 6.07) is 20.5. The molecule has 0 fully saturated rings. The van der Waals surface area contributed by atoms with Crippen molar-refractivity contribution in [3.63, 3.8) is 0 Å². The van der Waals surface area contributed by atoms with Gasteiger partial charge in [-0.05, 0) is 34.6 Å². The van der Waals surface area contributed by atoms with Crippen LogP contribution in [0.2, 0.25) is 0 Å². The minimum Gasteiger partial charge on any atom is -0.495 e. The van der Waals surface area contributed by atoms with Crippen molar-refractivity contribution < 1.29 is 118 Å². The van der Waals surface area contributed by atoms with E-state index in [9.17, 15) is 61.3 Å². The summed E-state index contributed by atoms with van der Waals surface area (Å²) in [6.07, 6.45) is 2.65. The molecule has 0 saturated carbocycles. The maximum Gasteiger partial charge on any atom is 0.302 e. The van der Waals surface area contributed by atoms with Gasteiger partial charge in [0.15, 0.2) is 0 Å². The molecule has 2 aromatic carbocycles. The second-order valence-corrected chi connectivity index (χ2v) is 21.5. The van der Waals surface area contributed by atoms with Crippen molar-refractivity contribution in [3.8, 4) is 0 Å². The fourth-order valence-electron chi connectivity index (χ4n) is 2.96. The molecule has 0 bridgehead atoms. The van der Waals surface area contributed by atoms with Crippen LogP contribution in [0.3, 0.4) is 0 Å². The summed E-state index contributed by atoms with van der Waals surface area (Å²) >= 11 is 0. The Balaban J connectivity index is -0.000000109. The molecule has 73 heavy (non-hydrogen) atoms. The first-order chi connectivity index (χ1) is 32.4. The number of carboxylic acid groups (broad SMARTS) is 2. The second-order valence-electron chi connectivity index (χ2n) is 14.1. The summed E-state index contributed by atoms with van der Waals surface area (Å²) in [5.74, 6) is -5.10. The molecule has 1 atom stereocenters. The van der Waals surface area contributed by atoms with Crippen molar-refractivity contribution in [2.45, 2.75) is 87.8 Å². The molecule has 0 aliphatic rings. The summed E-state index contributed by atoms with van der Waals surface area (Å²) in [6.45, 7) is 19.5. The van der Waals surface area contributed by atoms with Gasteiger partial charge in [0, 0.05) is 41.5 Å². The van der Waals surface area contributed by atoms with Crippen molar-refractivity contribution in [3.05, 3.63) is 84.6 Å². The van der Waals surface area contributed by atoms with Gasteiger partial charge < -0.3 is 35.1 Å². The smallest absolute Gasteiger partial charge is 0.302 e. The van der Waals surface area contributed by atoms with E-state index in [0.717, 1.165) is 27.7 Å². The van der Waals surface area contributed by atoms with Gasteiger partial charge in [0.25, 0.3) is 62.5 Å². The second kappa shape index (κ2) is 46.2. The van der Waals surface area contributed by atoms with Crippen LogP contribution in [0.4, 0.5) is 0 Å². The van der Waals surface area contributed by atoms with Crippen molar-refractivity contribution in [2.24, 2.45) is 0 Å². The number of aliphatic carboxylic acids is 2. The number of rotatable bonds is 12. The molecule has 428 valence electrons. The van der Waals surface area contributed by atoms with Crippen molar-refractivity contribution in [1.29, 1.82) is 0 Å². The monoisotopic (exact) mass is 1160 g/mol. The Labute approximate surface area is 428 Å². The van der Waals surface area contributed by atoms with Gasteiger partial charge in [-0.25, -0.2) is 0 Å². The molecule has 0 aromatic heterocycles. The molecule has 9 N–H and O–H groups in total. The van der Waals surface area contributed by atoms with Gasteiger partial charge in [-0.1, -0.05) is 78.4 Å². The van der Waals surface area contributed by atoms with Gasteiger partial charge >= 0.3 is 11.9 Å². The molecule has 1 unspecified atom stereocenters. The van der Waals surface area contributed by atoms with Gasteiger partial charge in [-0.15, -0.1) is 0 Å². The number of hydrogen-bond donors (Lipinski definition) is 9. The molecule has 0 radical (unpaired) electrons. The van der Waals surface area contributed by atoms with Crippen LogP contribution >= 0.6 is 0 Å². The van der Waals surface area contributed by atoms with Gasteiger partial charge in [0.1, 0.15) is 30.9 Å². The topological polar surface area (TPSA) is 466 Å². The highest BCUT2D eigenvalue weighted by molar-refractivity contribution is 7.86. The highest BCUT2D eigenvalue weighted by Gasteiger charge is 2.25. The van der Waals surface area contributed by atoms with E-state index in [1.807, 2.05) is 41.7 Å². The Hall–Kier alpha value is -5.65. The normalized spacial score (nSPS) is 10.5. The van der Waals surface area contributed by atoms with E-state index in [-0.39, 0.29) is 31.2 Å². The minimum absolute atomic E-state index is 0.110. The zero-order valence-electron chi connectivity index (χ0n) is 42.6. The van der Waals surface area contributed by atoms with E-state index >= 15 is 0 Å². The SMILES string of the molecule is C=COC(C)COC(C)=O.CC(=O)NC(C)(C)CS(=O)(=O)O.CC(=O)NCS(=O)(=O)O.CC(=O)O.CC(=O)O.CC(=O)OCCS(=O)(=O)O.CS(=O)(=O)O.CS(=O)(=O)O.Cc1ccccc1.Cc1ccccc1. The molecule has 0 saturated heterocycles. The zero-order valence-corrected chi connectivity index (χ0v) is 46.7. The third-order valence-electron chi connectivity index (χ3n) is 4.94. The number of ether oxygens (including phenoxy) is 3. The number of esters is 2. The molecular formula is C40H72N2O26S5. The first-order valence-electron chi connectivity index (χ1n) is 19.6. The van der Waals surface area contributed by atoms with Crippen LogP contribution in [-0.4, -0.2) is 166 Å². The molecule has 0 heterocycles. The Morgan fingerprint density at radius 1 is 0.603 bits per heavy atom. The number of nitrogens with one attached hydrogen (secondary N) is 2. The first kappa shape index (κ1) is 84.2. The predicted molar refractivity (Wildman–Crippen MR) is 269 cm³/mol. The van der Waals surface area contributed by atoms with Gasteiger partial charge in [-0.3, -0.25) is 51.5 Å². The minimum atomic E-state index is -4.05. The molecular weight excluding hydrogens is 1080 g/mol. The number of hydrogen-bond acceptors (Lipinski definition) is 19. The zero-order chi connectivity index (χ0) is 60.0. The lowest BCUT2D eigenvalue weighted by Crippen LogP contribution is -2.47. The molecule has 2 amide bonds. The van der Waals surface area contributed by atoms with Crippen LogP contribution in [0.25, 0.3) is 0 Å². The highest BCUT2D eigenvalue weighted by atomic mass is 32.2. The molecule has 2 rings (SSSR count). The van der Waals surface area contributed by atoms with E-state index in [1.165, 1.54) is 45.1 Å². The Kier molecular flexibility index (Phi) is 53.2. The third kappa shape index (κ3) is 153.